The van der Waals surface area contributed by atoms with E-state index in [2.05, 4.69) is 42.0 Å². The van der Waals surface area contributed by atoms with Crippen molar-refractivity contribution in [2.24, 2.45) is 0 Å². The van der Waals surface area contributed by atoms with Crippen LogP contribution in [0.5, 0.6) is 0 Å². The number of aromatic nitrogens is 2. The molecule has 1 aromatic heterocycles. The normalized spacial score (nSPS) is 19.7. The molecule has 0 aliphatic carbocycles. The average molecular weight is 367 g/mol. The highest BCUT2D eigenvalue weighted by atomic mass is 16.2. The predicted molar refractivity (Wildman–Crippen MR) is 107 cm³/mol. The van der Waals surface area contributed by atoms with Gasteiger partial charge in [-0.05, 0) is 62.8 Å². The molecule has 3 heterocycles. The molecule has 2 N–H and O–H groups in total. The maximum Gasteiger partial charge on any atom is 0.344 e. The van der Waals surface area contributed by atoms with Crippen LogP contribution in [0.3, 0.4) is 0 Å². The molecular formula is C21H29N5O. The van der Waals surface area contributed by atoms with E-state index in [-0.39, 0.29) is 11.6 Å². The van der Waals surface area contributed by atoms with Crippen molar-refractivity contribution < 1.29 is 4.79 Å². The molecule has 1 aromatic carbocycles. The van der Waals surface area contributed by atoms with Gasteiger partial charge in [0.25, 0.3) is 0 Å². The van der Waals surface area contributed by atoms with Crippen LogP contribution in [0.4, 0.5) is 10.6 Å². The van der Waals surface area contributed by atoms with Gasteiger partial charge >= 0.3 is 6.03 Å². The van der Waals surface area contributed by atoms with Gasteiger partial charge in [0.15, 0.2) is 0 Å². The number of piperidine rings is 1. The molecule has 2 saturated heterocycles. The van der Waals surface area contributed by atoms with Gasteiger partial charge in [-0.2, -0.15) is 4.68 Å². The Morgan fingerprint density at radius 2 is 1.89 bits per heavy atom. The highest BCUT2D eigenvalue weighted by Gasteiger charge is 2.43. The van der Waals surface area contributed by atoms with Crippen LogP contribution < -0.4 is 5.73 Å². The second-order valence-corrected chi connectivity index (χ2v) is 8.12. The lowest BCUT2D eigenvalue weighted by molar-refractivity contribution is 0.0585. The first-order chi connectivity index (χ1) is 13.0. The number of nitrogens with two attached hydrogens (primary N) is 1. The van der Waals surface area contributed by atoms with Gasteiger partial charge in [-0.3, -0.25) is 4.90 Å². The van der Waals surface area contributed by atoms with Crippen molar-refractivity contribution in [1.82, 2.24) is 19.6 Å². The van der Waals surface area contributed by atoms with Crippen LogP contribution in [-0.2, 0) is 6.54 Å². The summed E-state index contributed by atoms with van der Waals surface area (Å²) in [5, 5.41) is 4.05. The fourth-order valence-electron chi connectivity index (χ4n) is 4.63. The Labute approximate surface area is 160 Å². The van der Waals surface area contributed by atoms with Gasteiger partial charge in [0, 0.05) is 37.4 Å². The summed E-state index contributed by atoms with van der Waals surface area (Å²) in [6.07, 6.45) is 6.17. The number of aryl methyl sites for hydroxylation is 2. The molecule has 0 bridgehead atoms. The Hall–Kier alpha value is -2.34. The standard InChI is InChI=1S/C21H29N5O/c1-16-4-5-18(14-17(16)2)15-25-10-3-7-21(25)8-12-24(13-9-21)20(27)26-11-6-19(22)23-26/h4-6,11,14H,3,7-10,12-13,15H2,1-2H3,(H2,22,23). The van der Waals surface area contributed by atoms with Crippen LogP contribution in [-0.4, -0.2) is 50.8 Å². The summed E-state index contributed by atoms with van der Waals surface area (Å²) in [5.41, 5.74) is 9.98. The minimum absolute atomic E-state index is 0.0692. The van der Waals surface area contributed by atoms with Crippen molar-refractivity contribution in [2.45, 2.75) is 51.6 Å². The van der Waals surface area contributed by atoms with Crippen LogP contribution in [0.2, 0.25) is 0 Å². The zero-order chi connectivity index (χ0) is 19.0. The topological polar surface area (TPSA) is 67.4 Å². The van der Waals surface area contributed by atoms with E-state index in [1.165, 1.54) is 34.2 Å². The summed E-state index contributed by atoms with van der Waals surface area (Å²) in [6.45, 7) is 8.06. The van der Waals surface area contributed by atoms with Crippen molar-refractivity contribution in [2.75, 3.05) is 25.4 Å². The molecule has 27 heavy (non-hydrogen) atoms. The molecule has 2 aromatic rings. The minimum atomic E-state index is -0.0692. The molecule has 2 aliphatic rings. The Morgan fingerprint density at radius 3 is 2.56 bits per heavy atom. The fourth-order valence-corrected chi connectivity index (χ4v) is 4.63. The number of carbonyl (C=O) groups is 1. The highest BCUT2D eigenvalue weighted by molar-refractivity contribution is 5.76. The van der Waals surface area contributed by atoms with Crippen molar-refractivity contribution in [3.8, 4) is 0 Å². The molecule has 0 saturated carbocycles. The number of nitrogens with zero attached hydrogens (tertiary/aromatic N) is 4. The van der Waals surface area contributed by atoms with Gasteiger partial charge in [-0.15, -0.1) is 5.10 Å². The van der Waals surface area contributed by atoms with Gasteiger partial charge in [-0.25, -0.2) is 4.79 Å². The SMILES string of the molecule is Cc1ccc(CN2CCCC23CCN(C(=O)n2ccc(N)n2)CC3)cc1C. The number of amides is 1. The summed E-state index contributed by atoms with van der Waals surface area (Å²) in [5.74, 6) is 0.382. The van der Waals surface area contributed by atoms with Gasteiger partial charge in [0.1, 0.15) is 5.82 Å². The van der Waals surface area contributed by atoms with Crippen LogP contribution in [0.25, 0.3) is 0 Å². The summed E-state index contributed by atoms with van der Waals surface area (Å²) in [6, 6.07) is 8.40. The van der Waals surface area contributed by atoms with Gasteiger partial charge < -0.3 is 10.6 Å². The molecule has 4 rings (SSSR count). The number of hydrogen-bond acceptors (Lipinski definition) is 4. The van der Waals surface area contributed by atoms with Gasteiger partial charge in [0.2, 0.25) is 0 Å². The van der Waals surface area contributed by atoms with E-state index in [0.29, 0.717) is 5.82 Å². The quantitative estimate of drug-likeness (QED) is 0.885. The molecule has 2 fully saturated rings. The van der Waals surface area contributed by atoms with Crippen molar-refractivity contribution in [3.63, 3.8) is 0 Å². The summed E-state index contributed by atoms with van der Waals surface area (Å²) >= 11 is 0. The van der Waals surface area contributed by atoms with Crippen LogP contribution in [0.1, 0.15) is 42.4 Å². The van der Waals surface area contributed by atoms with Gasteiger partial charge in [0.05, 0.1) is 0 Å². The zero-order valence-corrected chi connectivity index (χ0v) is 16.3. The predicted octanol–water partition coefficient (Wildman–Crippen LogP) is 3.18. The number of nitrogen functional groups attached to an aromatic ring is 1. The number of likely N-dealkylation sites (tertiary alicyclic amines) is 2. The summed E-state index contributed by atoms with van der Waals surface area (Å²) in [4.78, 5) is 17.2. The summed E-state index contributed by atoms with van der Waals surface area (Å²) in [7, 11) is 0. The molecule has 144 valence electrons. The third-order valence-corrected chi connectivity index (χ3v) is 6.46. The van der Waals surface area contributed by atoms with E-state index in [0.717, 1.165) is 39.0 Å². The first-order valence-corrected chi connectivity index (χ1v) is 9.88. The number of anilines is 1. The molecule has 0 atom stereocenters. The lowest BCUT2D eigenvalue weighted by atomic mass is 9.84. The van der Waals surface area contributed by atoms with E-state index in [4.69, 9.17) is 5.73 Å². The smallest absolute Gasteiger partial charge is 0.344 e. The fraction of sp³-hybridized carbons (Fsp3) is 0.524. The number of rotatable bonds is 2. The van der Waals surface area contributed by atoms with E-state index >= 15 is 0 Å². The third kappa shape index (κ3) is 3.46. The Kier molecular flexibility index (Phi) is 4.68. The van der Waals surface area contributed by atoms with E-state index in [1.54, 1.807) is 12.3 Å². The van der Waals surface area contributed by atoms with Crippen LogP contribution >= 0.6 is 0 Å². The molecular weight excluding hydrogens is 338 g/mol. The van der Waals surface area contributed by atoms with Crippen LogP contribution in [0, 0.1) is 13.8 Å². The summed E-state index contributed by atoms with van der Waals surface area (Å²) < 4.78 is 1.36. The van der Waals surface area contributed by atoms with E-state index < -0.39 is 0 Å². The molecule has 0 unspecified atom stereocenters. The monoisotopic (exact) mass is 367 g/mol. The maximum absolute atomic E-state index is 12.6. The van der Waals surface area contributed by atoms with E-state index in [1.807, 2.05) is 4.90 Å². The molecule has 0 radical (unpaired) electrons. The minimum Gasteiger partial charge on any atom is -0.382 e. The first kappa shape index (κ1) is 18.0. The van der Waals surface area contributed by atoms with Crippen molar-refractivity contribution in [1.29, 1.82) is 0 Å². The molecule has 6 heteroatoms. The Balaban J connectivity index is 1.43. The molecule has 1 amide bonds. The second-order valence-electron chi connectivity index (χ2n) is 8.12. The maximum atomic E-state index is 12.6. The second kappa shape index (κ2) is 7.00. The lowest BCUT2D eigenvalue weighted by Crippen LogP contribution is -2.53. The molecule has 1 spiro atoms. The lowest BCUT2D eigenvalue weighted by Gasteiger charge is -2.45. The van der Waals surface area contributed by atoms with Crippen LogP contribution in [0.15, 0.2) is 30.5 Å². The Bertz CT molecular complexity index is 835. The van der Waals surface area contributed by atoms with Gasteiger partial charge in [-0.1, -0.05) is 18.2 Å². The zero-order valence-electron chi connectivity index (χ0n) is 16.3. The number of carbonyl (C=O) groups excluding carboxylic acids is 1. The molecule has 6 nitrogen and oxygen atoms in total. The highest BCUT2D eigenvalue weighted by Crippen LogP contribution is 2.39. The van der Waals surface area contributed by atoms with Crippen molar-refractivity contribution in [3.05, 3.63) is 47.2 Å². The van der Waals surface area contributed by atoms with Crippen molar-refractivity contribution >= 4 is 11.8 Å². The third-order valence-electron chi connectivity index (χ3n) is 6.46. The largest absolute Gasteiger partial charge is 0.382 e. The first-order valence-electron chi connectivity index (χ1n) is 9.88. The number of hydrogen-bond donors (Lipinski definition) is 1. The van der Waals surface area contributed by atoms with E-state index in [9.17, 15) is 4.79 Å². The average Bonchev–Trinajstić information content (AvgIpc) is 3.25. The molecule has 2 aliphatic heterocycles. The Morgan fingerprint density at radius 1 is 1.11 bits per heavy atom. The number of benzene rings is 1.